The maximum atomic E-state index is 12.8. The molecule has 0 radical (unpaired) electrons. The van der Waals surface area contributed by atoms with Crippen LogP contribution in [-0.4, -0.2) is 24.9 Å². The maximum absolute atomic E-state index is 12.8. The summed E-state index contributed by atoms with van der Waals surface area (Å²) in [6.07, 6.45) is -0.166. The van der Waals surface area contributed by atoms with E-state index < -0.39 is 6.17 Å². The Hall–Kier alpha value is -0.150. The van der Waals surface area contributed by atoms with E-state index in [0.717, 1.165) is 0 Å². The largest absolute Gasteiger partial charge is 0.375 e. The van der Waals surface area contributed by atoms with Gasteiger partial charge in [0.2, 0.25) is 0 Å². The minimum atomic E-state index is -0.968. The smallest absolute Gasteiger partial charge is 0.138 e. The molecule has 0 amide bonds. The Morgan fingerprint density at radius 1 is 1.55 bits per heavy atom. The lowest BCUT2D eigenvalue weighted by atomic mass is 9.95. The second-order valence-corrected chi connectivity index (χ2v) is 3.53. The summed E-state index contributed by atoms with van der Waals surface area (Å²) in [5, 5.41) is 0. The summed E-state index contributed by atoms with van der Waals surface area (Å²) in [4.78, 5) is 0. The van der Waals surface area contributed by atoms with Crippen LogP contribution in [0.2, 0.25) is 0 Å². The fourth-order valence-electron chi connectivity index (χ4n) is 1.29. The van der Waals surface area contributed by atoms with Gasteiger partial charge in [-0.05, 0) is 12.3 Å². The number of hydrogen-bond acceptors (Lipinski definition) is 2. The third-order valence-corrected chi connectivity index (χ3v) is 2.18. The fourth-order valence-corrected chi connectivity index (χ4v) is 1.29. The molecule has 2 N–H and O–H groups in total. The lowest BCUT2D eigenvalue weighted by Gasteiger charge is -2.32. The van der Waals surface area contributed by atoms with E-state index in [4.69, 9.17) is 10.5 Å². The second kappa shape index (κ2) is 3.50. The summed E-state index contributed by atoms with van der Waals surface area (Å²) < 4.78 is 18.0. The highest BCUT2D eigenvalue weighted by Crippen LogP contribution is 2.20. The normalized spacial score (nSPS) is 39.5. The molecule has 1 fully saturated rings. The van der Waals surface area contributed by atoms with Crippen molar-refractivity contribution in [2.45, 2.75) is 38.6 Å². The Morgan fingerprint density at radius 3 is 2.64 bits per heavy atom. The van der Waals surface area contributed by atoms with Crippen LogP contribution in [-0.2, 0) is 4.74 Å². The highest BCUT2D eigenvalue weighted by atomic mass is 19.1. The first kappa shape index (κ1) is 8.94. The van der Waals surface area contributed by atoms with E-state index in [1.54, 1.807) is 0 Å². The van der Waals surface area contributed by atoms with E-state index >= 15 is 0 Å². The summed E-state index contributed by atoms with van der Waals surface area (Å²) in [6, 6.07) is -0.323. The number of alkyl halides is 1. The minimum Gasteiger partial charge on any atom is -0.375 e. The van der Waals surface area contributed by atoms with Crippen LogP contribution in [0.5, 0.6) is 0 Å². The van der Waals surface area contributed by atoms with Crippen molar-refractivity contribution < 1.29 is 9.13 Å². The van der Waals surface area contributed by atoms with Crippen molar-refractivity contribution in [3.05, 3.63) is 0 Å². The summed E-state index contributed by atoms with van der Waals surface area (Å²) >= 11 is 0. The molecule has 3 atom stereocenters. The lowest BCUT2D eigenvalue weighted by molar-refractivity contribution is -0.0571. The van der Waals surface area contributed by atoms with Crippen molar-refractivity contribution in [1.82, 2.24) is 0 Å². The average Bonchev–Trinajstić information content (AvgIpc) is 1.94. The number of nitrogens with two attached hydrogens (primary N) is 1. The van der Waals surface area contributed by atoms with Crippen LogP contribution in [0, 0.1) is 5.92 Å². The lowest BCUT2D eigenvalue weighted by Crippen LogP contribution is -2.45. The molecule has 11 heavy (non-hydrogen) atoms. The Bertz CT molecular complexity index is 129. The second-order valence-electron chi connectivity index (χ2n) is 3.53. The van der Waals surface area contributed by atoms with Crippen LogP contribution in [0.4, 0.5) is 4.39 Å². The zero-order chi connectivity index (χ0) is 8.43. The summed E-state index contributed by atoms with van der Waals surface area (Å²) in [6.45, 7) is 4.30. The predicted molar refractivity (Wildman–Crippen MR) is 42.1 cm³/mol. The van der Waals surface area contributed by atoms with Gasteiger partial charge in [-0.2, -0.15) is 0 Å². The van der Waals surface area contributed by atoms with Crippen molar-refractivity contribution in [2.75, 3.05) is 6.61 Å². The molecule has 3 heteroatoms. The number of hydrogen-bond donors (Lipinski definition) is 1. The molecule has 0 spiro atoms. The van der Waals surface area contributed by atoms with Gasteiger partial charge in [0.25, 0.3) is 0 Å². The molecule has 0 aliphatic carbocycles. The van der Waals surface area contributed by atoms with Gasteiger partial charge in [0.05, 0.1) is 12.7 Å². The SMILES string of the molecule is CC(C)[C@@H]1C[C@@H](N)[C@H](F)CO1. The van der Waals surface area contributed by atoms with E-state index in [1.807, 2.05) is 0 Å². The highest BCUT2D eigenvalue weighted by Gasteiger charge is 2.29. The topological polar surface area (TPSA) is 35.2 Å². The van der Waals surface area contributed by atoms with Crippen molar-refractivity contribution in [2.24, 2.45) is 11.7 Å². The monoisotopic (exact) mass is 161 g/mol. The van der Waals surface area contributed by atoms with Gasteiger partial charge in [-0.1, -0.05) is 13.8 Å². The maximum Gasteiger partial charge on any atom is 0.138 e. The third kappa shape index (κ3) is 2.14. The highest BCUT2D eigenvalue weighted by molar-refractivity contribution is 4.82. The fraction of sp³-hybridized carbons (Fsp3) is 1.00. The predicted octanol–water partition coefficient (Wildman–Crippen LogP) is 1.10. The van der Waals surface area contributed by atoms with E-state index in [-0.39, 0.29) is 18.8 Å². The molecule has 1 aliphatic rings. The molecule has 0 unspecified atom stereocenters. The van der Waals surface area contributed by atoms with Gasteiger partial charge in [-0.25, -0.2) is 4.39 Å². The molecule has 1 heterocycles. The minimum absolute atomic E-state index is 0.150. The summed E-state index contributed by atoms with van der Waals surface area (Å²) in [5.74, 6) is 0.438. The molecule has 1 rings (SSSR count). The third-order valence-electron chi connectivity index (χ3n) is 2.18. The van der Waals surface area contributed by atoms with Crippen LogP contribution >= 0.6 is 0 Å². The number of rotatable bonds is 1. The molecule has 0 saturated carbocycles. The molecular formula is C8H16FNO. The van der Waals surface area contributed by atoms with Gasteiger partial charge in [0.15, 0.2) is 0 Å². The van der Waals surface area contributed by atoms with Gasteiger partial charge in [0, 0.05) is 6.04 Å². The number of ether oxygens (including phenoxy) is 1. The van der Waals surface area contributed by atoms with Gasteiger partial charge in [-0.15, -0.1) is 0 Å². The van der Waals surface area contributed by atoms with E-state index in [2.05, 4.69) is 13.8 Å². The van der Waals surface area contributed by atoms with Gasteiger partial charge in [0.1, 0.15) is 6.17 Å². The Balaban J connectivity index is 2.40. The summed E-state index contributed by atoms with van der Waals surface area (Å²) in [7, 11) is 0. The van der Waals surface area contributed by atoms with Crippen molar-refractivity contribution in [3.8, 4) is 0 Å². The molecule has 0 aromatic rings. The number of halogens is 1. The molecule has 66 valence electrons. The van der Waals surface area contributed by atoms with E-state index in [9.17, 15) is 4.39 Å². The van der Waals surface area contributed by atoms with Gasteiger partial charge < -0.3 is 10.5 Å². The summed E-state index contributed by atoms with van der Waals surface area (Å²) in [5.41, 5.74) is 5.55. The van der Waals surface area contributed by atoms with Crippen LogP contribution in [0.1, 0.15) is 20.3 Å². The molecule has 0 aromatic heterocycles. The quantitative estimate of drug-likeness (QED) is 0.625. The Morgan fingerprint density at radius 2 is 2.18 bits per heavy atom. The first-order chi connectivity index (χ1) is 5.11. The molecular weight excluding hydrogens is 145 g/mol. The van der Waals surface area contributed by atoms with Crippen molar-refractivity contribution in [1.29, 1.82) is 0 Å². The standard InChI is InChI=1S/C8H16FNO/c1-5(2)8-3-7(10)6(9)4-11-8/h5-8H,3-4,10H2,1-2H3/t6-,7-,8+/m1/s1. The van der Waals surface area contributed by atoms with E-state index in [0.29, 0.717) is 12.3 Å². The van der Waals surface area contributed by atoms with Gasteiger partial charge in [-0.3, -0.25) is 0 Å². The zero-order valence-electron chi connectivity index (χ0n) is 7.09. The van der Waals surface area contributed by atoms with Crippen molar-refractivity contribution >= 4 is 0 Å². The average molecular weight is 161 g/mol. The van der Waals surface area contributed by atoms with Crippen molar-refractivity contribution in [3.63, 3.8) is 0 Å². The molecule has 1 saturated heterocycles. The first-order valence-electron chi connectivity index (χ1n) is 4.12. The van der Waals surface area contributed by atoms with Gasteiger partial charge >= 0.3 is 0 Å². The Labute approximate surface area is 66.9 Å². The molecule has 1 aliphatic heterocycles. The Kier molecular flexibility index (Phi) is 2.84. The zero-order valence-corrected chi connectivity index (χ0v) is 7.09. The van der Waals surface area contributed by atoms with Crippen LogP contribution in [0.3, 0.4) is 0 Å². The molecule has 2 nitrogen and oxygen atoms in total. The first-order valence-corrected chi connectivity index (χ1v) is 4.12. The van der Waals surface area contributed by atoms with Crippen LogP contribution in [0.25, 0.3) is 0 Å². The van der Waals surface area contributed by atoms with Crippen LogP contribution in [0.15, 0.2) is 0 Å². The van der Waals surface area contributed by atoms with Crippen LogP contribution < -0.4 is 5.73 Å². The van der Waals surface area contributed by atoms with E-state index in [1.165, 1.54) is 0 Å². The molecule has 0 aromatic carbocycles. The molecule has 0 bridgehead atoms.